The van der Waals surface area contributed by atoms with Gasteiger partial charge in [-0.1, -0.05) is 40.7 Å². The van der Waals surface area contributed by atoms with Gasteiger partial charge in [-0.25, -0.2) is 0 Å². The number of hydrogen-bond donors (Lipinski definition) is 1. The van der Waals surface area contributed by atoms with Gasteiger partial charge in [0, 0.05) is 22.3 Å². The summed E-state index contributed by atoms with van der Waals surface area (Å²) in [6.45, 7) is 4.30. The summed E-state index contributed by atoms with van der Waals surface area (Å²) in [7, 11) is 0. The predicted octanol–water partition coefficient (Wildman–Crippen LogP) is 5.01. The van der Waals surface area contributed by atoms with Gasteiger partial charge < -0.3 is 9.26 Å². The van der Waals surface area contributed by atoms with Gasteiger partial charge in [0.25, 0.3) is 0 Å². The normalized spacial score (nSPS) is 10.8. The first-order valence-electron chi connectivity index (χ1n) is 9.84. The molecule has 1 N–H and O–H groups in total. The molecule has 0 aliphatic rings. The summed E-state index contributed by atoms with van der Waals surface area (Å²) in [6.07, 6.45) is 0. The summed E-state index contributed by atoms with van der Waals surface area (Å²) in [4.78, 5) is 12.4. The molecule has 2 heterocycles. The molecule has 0 unspecified atom stereocenters. The first-order chi connectivity index (χ1) is 15.5. The zero-order valence-corrected chi connectivity index (χ0v) is 19.0. The number of nitrogens with zero attached hydrogens (tertiary/aromatic N) is 4. The second-order valence-electron chi connectivity index (χ2n) is 6.75. The van der Waals surface area contributed by atoms with Crippen molar-refractivity contribution in [2.45, 2.75) is 19.0 Å². The van der Waals surface area contributed by atoms with Gasteiger partial charge in [-0.15, -0.1) is 10.2 Å². The molecule has 32 heavy (non-hydrogen) atoms. The molecule has 0 saturated heterocycles. The second kappa shape index (κ2) is 9.88. The van der Waals surface area contributed by atoms with E-state index in [9.17, 15) is 4.79 Å². The molecule has 0 bridgehead atoms. The maximum atomic E-state index is 12.4. The number of thioether (sulfide) groups is 1. The second-order valence-corrected chi connectivity index (χ2v) is 8.13. The van der Waals surface area contributed by atoms with Crippen LogP contribution in [-0.4, -0.2) is 38.2 Å². The minimum atomic E-state index is -0.239. The molecule has 0 aliphatic heterocycles. The smallest absolute Gasteiger partial charge is 0.237 e. The van der Waals surface area contributed by atoms with Gasteiger partial charge in [0.1, 0.15) is 5.75 Å². The summed E-state index contributed by atoms with van der Waals surface area (Å²) in [6, 6.07) is 16.7. The number of ether oxygens (including phenoxy) is 1. The van der Waals surface area contributed by atoms with E-state index in [0.717, 1.165) is 17.0 Å². The predicted molar refractivity (Wildman–Crippen MR) is 124 cm³/mol. The first-order valence-corrected chi connectivity index (χ1v) is 11.2. The van der Waals surface area contributed by atoms with Gasteiger partial charge >= 0.3 is 0 Å². The van der Waals surface area contributed by atoms with Crippen LogP contribution in [0.25, 0.3) is 17.1 Å². The molecule has 0 radical (unpaired) electrons. The SMILES string of the molecule is CCOc1ccc(-n2c(SCC(=O)Nc3cc(C)no3)nnc2-c2cccc(Cl)c2)cc1. The molecule has 4 rings (SSSR count). The maximum absolute atomic E-state index is 12.4. The van der Waals surface area contributed by atoms with E-state index in [0.29, 0.717) is 34.2 Å². The Morgan fingerprint density at radius 3 is 2.69 bits per heavy atom. The van der Waals surface area contributed by atoms with Crippen molar-refractivity contribution in [3.63, 3.8) is 0 Å². The van der Waals surface area contributed by atoms with Gasteiger partial charge in [-0.2, -0.15) is 0 Å². The minimum absolute atomic E-state index is 0.116. The van der Waals surface area contributed by atoms with Gasteiger partial charge in [-0.3, -0.25) is 14.7 Å². The van der Waals surface area contributed by atoms with E-state index < -0.39 is 0 Å². The van der Waals surface area contributed by atoms with Crippen LogP contribution in [0.5, 0.6) is 5.75 Å². The van der Waals surface area contributed by atoms with Crippen molar-refractivity contribution in [3.8, 4) is 22.8 Å². The molecule has 1 amide bonds. The fourth-order valence-corrected chi connectivity index (χ4v) is 3.94. The van der Waals surface area contributed by atoms with E-state index in [-0.39, 0.29) is 11.7 Å². The van der Waals surface area contributed by atoms with Crippen LogP contribution < -0.4 is 10.1 Å². The van der Waals surface area contributed by atoms with E-state index in [1.165, 1.54) is 11.8 Å². The zero-order valence-electron chi connectivity index (χ0n) is 17.4. The Hall–Kier alpha value is -3.30. The minimum Gasteiger partial charge on any atom is -0.494 e. The fourth-order valence-electron chi connectivity index (χ4n) is 2.99. The molecule has 10 heteroatoms. The van der Waals surface area contributed by atoms with Crippen molar-refractivity contribution in [1.82, 2.24) is 19.9 Å². The molecule has 0 spiro atoms. The maximum Gasteiger partial charge on any atom is 0.237 e. The van der Waals surface area contributed by atoms with Crippen molar-refractivity contribution in [2.75, 3.05) is 17.7 Å². The third-order valence-electron chi connectivity index (χ3n) is 4.35. The monoisotopic (exact) mass is 469 g/mol. The number of anilines is 1. The standard InChI is InChI=1S/C22H20ClN5O3S/c1-3-30-18-9-7-17(8-10-18)28-21(15-5-4-6-16(23)12-15)25-26-22(28)32-13-19(29)24-20-11-14(2)27-31-20/h4-12H,3,13H2,1-2H3,(H,24,29). The Labute approximate surface area is 193 Å². The highest BCUT2D eigenvalue weighted by Crippen LogP contribution is 2.30. The Kier molecular flexibility index (Phi) is 6.77. The van der Waals surface area contributed by atoms with Crippen molar-refractivity contribution in [2.24, 2.45) is 0 Å². The quantitative estimate of drug-likeness (QED) is 0.362. The van der Waals surface area contributed by atoms with Crippen molar-refractivity contribution < 1.29 is 14.1 Å². The lowest BCUT2D eigenvalue weighted by Crippen LogP contribution is -2.14. The Balaban J connectivity index is 1.62. The Bertz CT molecular complexity index is 1220. The number of aromatic nitrogens is 4. The van der Waals surface area contributed by atoms with Crippen LogP contribution in [0.4, 0.5) is 5.88 Å². The van der Waals surface area contributed by atoms with E-state index in [1.54, 1.807) is 19.1 Å². The number of hydrogen-bond acceptors (Lipinski definition) is 7. The van der Waals surface area contributed by atoms with E-state index in [2.05, 4.69) is 20.7 Å². The number of halogens is 1. The summed E-state index contributed by atoms with van der Waals surface area (Å²) in [5, 5.41) is 16.3. The fraction of sp³-hybridized carbons (Fsp3) is 0.182. The average Bonchev–Trinajstić information content (AvgIpc) is 3.39. The third-order valence-corrected chi connectivity index (χ3v) is 5.51. The highest BCUT2D eigenvalue weighted by atomic mass is 35.5. The number of rotatable bonds is 8. The molecule has 0 aliphatic carbocycles. The highest BCUT2D eigenvalue weighted by Gasteiger charge is 2.18. The third kappa shape index (κ3) is 5.12. The number of carbonyl (C=O) groups excluding carboxylic acids is 1. The van der Waals surface area contributed by atoms with Crippen LogP contribution in [0.15, 0.2) is 64.3 Å². The summed E-state index contributed by atoms with van der Waals surface area (Å²) >= 11 is 7.45. The van der Waals surface area contributed by atoms with Crippen LogP contribution in [0.1, 0.15) is 12.6 Å². The van der Waals surface area contributed by atoms with E-state index >= 15 is 0 Å². The number of amides is 1. The number of aryl methyl sites for hydroxylation is 1. The van der Waals surface area contributed by atoms with Gasteiger partial charge in [0.2, 0.25) is 11.8 Å². The average molecular weight is 470 g/mol. The molecule has 164 valence electrons. The molecule has 2 aromatic heterocycles. The van der Waals surface area contributed by atoms with Crippen LogP contribution in [0, 0.1) is 6.92 Å². The zero-order chi connectivity index (χ0) is 22.5. The molecular weight excluding hydrogens is 450 g/mol. The molecule has 2 aromatic carbocycles. The van der Waals surface area contributed by atoms with Gasteiger partial charge in [0.15, 0.2) is 11.0 Å². The lowest BCUT2D eigenvalue weighted by Gasteiger charge is -2.11. The van der Waals surface area contributed by atoms with Gasteiger partial charge in [-0.05, 0) is 50.2 Å². The molecule has 0 saturated carbocycles. The number of benzene rings is 2. The van der Waals surface area contributed by atoms with E-state index in [1.807, 2.05) is 54.0 Å². The van der Waals surface area contributed by atoms with Crippen molar-refractivity contribution >= 4 is 35.2 Å². The summed E-state index contributed by atoms with van der Waals surface area (Å²) < 4.78 is 12.5. The van der Waals surface area contributed by atoms with E-state index in [4.69, 9.17) is 20.9 Å². The largest absolute Gasteiger partial charge is 0.494 e. The number of nitrogens with one attached hydrogen (secondary N) is 1. The first kappa shape index (κ1) is 21.9. The lowest BCUT2D eigenvalue weighted by atomic mass is 10.2. The number of carbonyl (C=O) groups is 1. The molecule has 4 aromatic rings. The van der Waals surface area contributed by atoms with Crippen LogP contribution in [-0.2, 0) is 4.79 Å². The molecular formula is C22H20ClN5O3S. The van der Waals surface area contributed by atoms with Crippen molar-refractivity contribution in [3.05, 3.63) is 65.3 Å². The molecule has 8 nitrogen and oxygen atoms in total. The Morgan fingerprint density at radius 1 is 1.19 bits per heavy atom. The highest BCUT2D eigenvalue weighted by molar-refractivity contribution is 7.99. The van der Waals surface area contributed by atoms with Gasteiger partial charge in [0.05, 0.1) is 18.1 Å². The summed E-state index contributed by atoms with van der Waals surface area (Å²) in [5.74, 6) is 1.57. The summed E-state index contributed by atoms with van der Waals surface area (Å²) in [5.41, 5.74) is 2.34. The van der Waals surface area contributed by atoms with Crippen LogP contribution >= 0.6 is 23.4 Å². The van der Waals surface area contributed by atoms with Crippen molar-refractivity contribution in [1.29, 1.82) is 0 Å². The molecule has 0 fully saturated rings. The topological polar surface area (TPSA) is 95.1 Å². The van der Waals surface area contributed by atoms with Crippen LogP contribution in [0.3, 0.4) is 0 Å². The van der Waals surface area contributed by atoms with Crippen LogP contribution in [0.2, 0.25) is 5.02 Å². The Morgan fingerprint density at radius 2 is 2.00 bits per heavy atom. The molecule has 0 atom stereocenters. The lowest BCUT2D eigenvalue weighted by molar-refractivity contribution is -0.113.